The molecule has 0 amide bonds. The van der Waals surface area contributed by atoms with Gasteiger partial charge in [-0.05, 0) is 73.2 Å². The summed E-state index contributed by atoms with van der Waals surface area (Å²) in [7, 11) is -3.99. The summed E-state index contributed by atoms with van der Waals surface area (Å²) < 4.78 is 49.6. The molecule has 0 atom stereocenters. The Kier molecular flexibility index (Phi) is 6.52. The number of halogens is 1. The van der Waals surface area contributed by atoms with E-state index in [-0.39, 0.29) is 4.90 Å². The van der Waals surface area contributed by atoms with E-state index in [9.17, 15) is 17.6 Å². The van der Waals surface area contributed by atoms with Crippen molar-refractivity contribution >= 4 is 27.3 Å². The molecule has 0 aliphatic carbocycles. The zero-order chi connectivity index (χ0) is 23.4. The topological polar surface area (TPSA) is 77.7 Å². The number of thiazole rings is 1. The molecular weight excluding hydrogens is 463 g/mol. The van der Waals surface area contributed by atoms with E-state index in [2.05, 4.69) is 4.40 Å². The first-order valence-electron chi connectivity index (χ1n) is 10.00. The Balaban J connectivity index is 1.61. The molecule has 0 saturated carbocycles. The highest BCUT2D eigenvalue weighted by Crippen LogP contribution is 2.24. The van der Waals surface area contributed by atoms with Crippen LogP contribution in [0.4, 0.5) is 4.39 Å². The largest absolute Gasteiger partial charge is 0.423 e. The first kappa shape index (κ1) is 22.6. The van der Waals surface area contributed by atoms with Crippen molar-refractivity contribution in [2.45, 2.75) is 18.4 Å². The molecule has 0 N–H and O–H groups in total. The fourth-order valence-corrected chi connectivity index (χ4v) is 5.33. The molecule has 4 rings (SSSR count). The predicted molar refractivity (Wildman–Crippen MR) is 124 cm³/mol. The summed E-state index contributed by atoms with van der Waals surface area (Å²) in [6, 6.07) is 20.2. The summed E-state index contributed by atoms with van der Waals surface area (Å²) in [5.74, 6) is -0.571. The molecular formula is C24H19FN2O4S2. The first-order valence-corrected chi connectivity index (χ1v) is 12.3. The second-order valence-corrected chi connectivity index (χ2v) is 9.39. The molecule has 0 unspecified atom stereocenters. The minimum atomic E-state index is -3.99. The van der Waals surface area contributed by atoms with Crippen molar-refractivity contribution in [1.82, 2.24) is 4.57 Å². The number of benzene rings is 3. The van der Waals surface area contributed by atoms with Crippen LogP contribution in [0.2, 0.25) is 0 Å². The fourth-order valence-electron chi connectivity index (χ4n) is 3.14. The molecule has 0 radical (unpaired) electrons. The number of sulfonamides is 1. The highest BCUT2D eigenvalue weighted by atomic mass is 32.2. The van der Waals surface area contributed by atoms with Crippen LogP contribution in [0.3, 0.4) is 0 Å². The summed E-state index contributed by atoms with van der Waals surface area (Å²) in [6.07, 6.45) is 0. The van der Waals surface area contributed by atoms with E-state index >= 15 is 0 Å². The van der Waals surface area contributed by atoms with Crippen LogP contribution < -0.4 is 9.54 Å². The van der Waals surface area contributed by atoms with Gasteiger partial charge in [0.05, 0.1) is 16.2 Å². The molecule has 0 spiro atoms. The average molecular weight is 483 g/mol. The van der Waals surface area contributed by atoms with Gasteiger partial charge in [0.15, 0.2) is 0 Å². The Morgan fingerprint density at radius 2 is 1.67 bits per heavy atom. The van der Waals surface area contributed by atoms with Gasteiger partial charge in [0.1, 0.15) is 11.6 Å². The van der Waals surface area contributed by atoms with Crippen molar-refractivity contribution in [3.05, 3.63) is 100 Å². The number of ether oxygens (including phenoxy) is 1. The summed E-state index contributed by atoms with van der Waals surface area (Å²) in [6.45, 7) is 2.37. The van der Waals surface area contributed by atoms with Gasteiger partial charge in [0.25, 0.3) is 10.0 Å². The van der Waals surface area contributed by atoms with E-state index in [1.54, 1.807) is 53.1 Å². The summed E-state index contributed by atoms with van der Waals surface area (Å²) in [5, 5.41) is 1.81. The Hall–Kier alpha value is -3.56. The molecule has 168 valence electrons. The quantitative estimate of drug-likeness (QED) is 0.290. The molecule has 4 aromatic rings. The van der Waals surface area contributed by atoms with E-state index < -0.39 is 21.8 Å². The van der Waals surface area contributed by atoms with Crippen molar-refractivity contribution < 1.29 is 22.3 Å². The summed E-state index contributed by atoms with van der Waals surface area (Å²) in [4.78, 5) is 12.5. The lowest BCUT2D eigenvalue weighted by atomic mass is 10.1. The molecule has 0 saturated heterocycles. The zero-order valence-corrected chi connectivity index (χ0v) is 19.1. The molecule has 33 heavy (non-hydrogen) atoms. The van der Waals surface area contributed by atoms with Crippen molar-refractivity contribution in [3.8, 4) is 17.0 Å². The number of aromatic nitrogens is 1. The molecule has 1 heterocycles. The van der Waals surface area contributed by atoms with Crippen LogP contribution in [0.25, 0.3) is 11.3 Å². The summed E-state index contributed by atoms with van der Waals surface area (Å²) in [5.41, 5.74) is 2.04. The number of nitrogens with zero attached hydrogens (tertiary/aromatic N) is 2. The van der Waals surface area contributed by atoms with Crippen LogP contribution in [0, 0.1) is 5.82 Å². The fraction of sp³-hybridized carbons (Fsp3) is 0.0833. The predicted octanol–water partition coefficient (Wildman–Crippen LogP) is 4.88. The van der Waals surface area contributed by atoms with Gasteiger partial charge in [-0.3, -0.25) is 0 Å². The van der Waals surface area contributed by atoms with Gasteiger partial charge in [-0.25, -0.2) is 9.18 Å². The lowest BCUT2D eigenvalue weighted by molar-refractivity contribution is 0.0734. The normalized spacial score (nSPS) is 12.0. The van der Waals surface area contributed by atoms with Gasteiger partial charge in [-0.2, -0.15) is 8.42 Å². The zero-order valence-electron chi connectivity index (χ0n) is 17.5. The molecule has 1 aromatic heterocycles. The van der Waals surface area contributed by atoms with Crippen LogP contribution in [-0.4, -0.2) is 19.0 Å². The number of carbonyl (C=O) groups is 1. The lowest BCUT2D eigenvalue weighted by Crippen LogP contribution is -2.17. The molecule has 3 aromatic carbocycles. The number of hydrogen-bond donors (Lipinski definition) is 0. The smallest absolute Gasteiger partial charge is 0.343 e. The van der Waals surface area contributed by atoms with Crippen LogP contribution >= 0.6 is 11.3 Å². The van der Waals surface area contributed by atoms with E-state index in [0.29, 0.717) is 22.7 Å². The minimum Gasteiger partial charge on any atom is -0.423 e. The van der Waals surface area contributed by atoms with E-state index in [0.717, 1.165) is 23.4 Å². The Bertz CT molecular complexity index is 1440. The second-order valence-electron chi connectivity index (χ2n) is 6.95. The van der Waals surface area contributed by atoms with Crippen LogP contribution in [0.5, 0.6) is 5.75 Å². The second kappa shape index (κ2) is 9.51. The number of hydrogen-bond acceptors (Lipinski definition) is 5. The van der Waals surface area contributed by atoms with E-state index in [1.165, 1.54) is 23.5 Å². The monoisotopic (exact) mass is 482 g/mol. The van der Waals surface area contributed by atoms with Crippen molar-refractivity contribution in [3.63, 3.8) is 0 Å². The van der Waals surface area contributed by atoms with Crippen LogP contribution in [0.15, 0.2) is 93.5 Å². The molecule has 0 fully saturated rings. The van der Waals surface area contributed by atoms with Gasteiger partial charge in [0, 0.05) is 11.9 Å². The number of rotatable bonds is 6. The van der Waals surface area contributed by atoms with Gasteiger partial charge in [-0.15, -0.1) is 15.7 Å². The Morgan fingerprint density at radius 3 is 2.30 bits per heavy atom. The SMILES string of the molecule is CCn1c(-c2ccc(OC(=O)c3ccccc3)cc2)csc1=NS(=O)(=O)c1ccc(F)cc1. The van der Waals surface area contributed by atoms with Gasteiger partial charge in [-0.1, -0.05) is 18.2 Å². The van der Waals surface area contributed by atoms with Gasteiger partial charge in [0.2, 0.25) is 4.80 Å². The minimum absolute atomic E-state index is 0.0777. The maximum absolute atomic E-state index is 13.1. The van der Waals surface area contributed by atoms with Gasteiger partial charge < -0.3 is 9.30 Å². The highest BCUT2D eigenvalue weighted by Gasteiger charge is 2.15. The van der Waals surface area contributed by atoms with Crippen molar-refractivity contribution in [2.24, 2.45) is 4.40 Å². The third-order valence-corrected chi connectivity index (χ3v) is 7.05. The molecule has 0 aliphatic rings. The third-order valence-electron chi connectivity index (χ3n) is 4.79. The van der Waals surface area contributed by atoms with Crippen LogP contribution in [0.1, 0.15) is 17.3 Å². The molecule has 0 bridgehead atoms. The highest BCUT2D eigenvalue weighted by molar-refractivity contribution is 7.90. The maximum atomic E-state index is 13.1. The molecule has 9 heteroatoms. The Morgan fingerprint density at radius 1 is 1.00 bits per heavy atom. The van der Waals surface area contributed by atoms with Crippen molar-refractivity contribution in [1.29, 1.82) is 0 Å². The third kappa shape index (κ3) is 5.10. The maximum Gasteiger partial charge on any atom is 0.343 e. The summed E-state index contributed by atoms with van der Waals surface area (Å²) >= 11 is 1.19. The first-order chi connectivity index (χ1) is 15.9. The van der Waals surface area contributed by atoms with Crippen molar-refractivity contribution in [2.75, 3.05) is 0 Å². The standard InChI is InChI=1S/C24H19FN2O4S2/c1-2-27-22(16-32-24(27)26-33(29,30)21-14-10-19(25)11-15-21)17-8-12-20(13-9-17)31-23(28)18-6-4-3-5-7-18/h3-16H,2H2,1H3. The average Bonchev–Trinajstić information content (AvgIpc) is 3.22. The van der Waals surface area contributed by atoms with E-state index in [4.69, 9.17) is 4.74 Å². The number of carbonyl (C=O) groups excluding carboxylic acids is 1. The number of esters is 1. The Labute approximate surface area is 194 Å². The lowest BCUT2D eigenvalue weighted by Gasteiger charge is -2.08. The van der Waals surface area contributed by atoms with Crippen LogP contribution in [-0.2, 0) is 16.6 Å². The van der Waals surface area contributed by atoms with E-state index in [1.807, 2.05) is 18.4 Å². The van der Waals surface area contributed by atoms with Gasteiger partial charge >= 0.3 is 5.97 Å². The molecule has 6 nitrogen and oxygen atoms in total. The molecule has 0 aliphatic heterocycles.